The lowest BCUT2D eigenvalue weighted by Crippen LogP contribution is -2.11. The second-order valence-corrected chi connectivity index (χ2v) is 6.54. The molecule has 29 heavy (non-hydrogen) atoms. The molecule has 0 N–H and O–H groups in total. The van der Waals surface area contributed by atoms with E-state index in [1.165, 1.54) is 24.3 Å². The highest BCUT2D eigenvalue weighted by Gasteiger charge is 2.19. The van der Waals surface area contributed by atoms with Gasteiger partial charge in [-0.15, -0.1) is 0 Å². The predicted molar refractivity (Wildman–Crippen MR) is 107 cm³/mol. The highest BCUT2D eigenvalue weighted by atomic mass is 16.6. The van der Waals surface area contributed by atoms with Gasteiger partial charge in [-0.2, -0.15) is 5.26 Å². The molecule has 2 rings (SSSR count). The van der Waals surface area contributed by atoms with E-state index in [-0.39, 0.29) is 11.3 Å². The molecule has 0 spiro atoms. The van der Waals surface area contributed by atoms with Gasteiger partial charge in [0.2, 0.25) is 0 Å². The van der Waals surface area contributed by atoms with Crippen LogP contribution in [0.25, 0.3) is 6.08 Å². The SMILES string of the molecule is COCCn1c(C)cc(/C=C(\C#N)C(=O)O[C@H](C)c2cccc([N+](=O)[O-])c2)c1C. The van der Waals surface area contributed by atoms with Crippen molar-refractivity contribution in [2.45, 2.75) is 33.4 Å². The summed E-state index contributed by atoms with van der Waals surface area (Å²) in [6.45, 7) is 6.66. The third kappa shape index (κ3) is 5.30. The van der Waals surface area contributed by atoms with Crippen LogP contribution in [0.15, 0.2) is 35.9 Å². The number of nitro groups is 1. The van der Waals surface area contributed by atoms with Crippen molar-refractivity contribution in [3.05, 3.63) is 68.5 Å². The molecule has 1 aromatic carbocycles. The van der Waals surface area contributed by atoms with Crippen LogP contribution in [0.4, 0.5) is 5.69 Å². The highest BCUT2D eigenvalue weighted by Crippen LogP contribution is 2.24. The van der Waals surface area contributed by atoms with E-state index in [4.69, 9.17) is 9.47 Å². The number of non-ortho nitro benzene ring substituents is 1. The van der Waals surface area contributed by atoms with Gasteiger partial charge < -0.3 is 14.0 Å². The molecule has 1 atom stereocenters. The third-order valence-electron chi connectivity index (χ3n) is 4.61. The quantitative estimate of drug-likeness (QED) is 0.220. The molecule has 0 bridgehead atoms. The minimum Gasteiger partial charge on any atom is -0.454 e. The summed E-state index contributed by atoms with van der Waals surface area (Å²) in [7, 11) is 1.63. The molecule has 0 radical (unpaired) electrons. The van der Waals surface area contributed by atoms with E-state index in [2.05, 4.69) is 0 Å². The fraction of sp³-hybridized carbons (Fsp3) is 0.333. The number of nitro benzene ring substituents is 1. The standard InChI is InChI=1S/C21H23N3O5/c1-14-10-18(15(2)23(14)8-9-28-4)11-19(13-22)21(25)29-16(3)17-6-5-7-20(12-17)24(26)27/h5-7,10-12,16H,8-9H2,1-4H3/b19-11+/t16-/m1/s1. The van der Waals surface area contributed by atoms with Crippen LogP contribution in [0.3, 0.4) is 0 Å². The summed E-state index contributed by atoms with van der Waals surface area (Å²) < 4.78 is 12.5. The van der Waals surface area contributed by atoms with Gasteiger partial charge in [-0.1, -0.05) is 12.1 Å². The van der Waals surface area contributed by atoms with Crippen molar-refractivity contribution in [2.24, 2.45) is 0 Å². The summed E-state index contributed by atoms with van der Waals surface area (Å²) >= 11 is 0. The lowest BCUT2D eigenvalue weighted by molar-refractivity contribution is -0.385. The van der Waals surface area contributed by atoms with Crippen molar-refractivity contribution < 1.29 is 19.2 Å². The van der Waals surface area contributed by atoms with Crippen LogP contribution in [0.2, 0.25) is 0 Å². The molecule has 0 aliphatic carbocycles. The molecule has 8 nitrogen and oxygen atoms in total. The number of hydrogen-bond acceptors (Lipinski definition) is 6. The van der Waals surface area contributed by atoms with E-state index in [9.17, 15) is 20.2 Å². The first-order chi connectivity index (χ1) is 13.8. The van der Waals surface area contributed by atoms with Gasteiger partial charge in [-0.3, -0.25) is 10.1 Å². The Kier molecular flexibility index (Phi) is 7.28. The summed E-state index contributed by atoms with van der Waals surface area (Å²) in [5.74, 6) is -0.784. The Morgan fingerprint density at radius 3 is 2.72 bits per heavy atom. The van der Waals surface area contributed by atoms with E-state index in [0.717, 1.165) is 17.0 Å². The number of nitriles is 1. The van der Waals surface area contributed by atoms with Crippen molar-refractivity contribution in [1.29, 1.82) is 5.26 Å². The van der Waals surface area contributed by atoms with Crippen LogP contribution in [0.5, 0.6) is 0 Å². The van der Waals surface area contributed by atoms with Crippen LogP contribution in [-0.4, -0.2) is 29.2 Å². The highest BCUT2D eigenvalue weighted by molar-refractivity contribution is 5.98. The van der Waals surface area contributed by atoms with E-state index in [0.29, 0.717) is 18.7 Å². The molecule has 0 saturated carbocycles. The first kappa shape index (κ1) is 21.9. The first-order valence-corrected chi connectivity index (χ1v) is 9.01. The van der Waals surface area contributed by atoms with Crippen molar-refractivity contribution in [2.75, 3.05) is 13.7 Å². The molecule has 0 aliphatic rings. The molecule has 0 saturated heterocycles. The summed E-state index contributed by atoms with van der Waals surface area (Å²) in [5.41, 5.74) is 2.88. The second kappa shape index (κ2) is 9.66. The topological polar surface area (TPSA) is 107 Å². The smallest absolute Gasteiger partial charge is 0.349 e. The second-order valence-electron chi connectivity index (χ2n) is 6.54. The molecule has 1 aromatic heterocycles. The Balaban J connectivity index is 2.22. The van der Waals surface area contributed by atoms with Crippen molar-refractivity contribution in [3.63, 3.8) is 0 Å². The third-order valence-corrected chi connectivity index (χ3v) is 4.61. The van der Waals surface area contributed by atoms with E-state index >= 15 is 0 Å². The normalized spacial score (nSPS) is 12.3. The maximum absolute atomic E-state index is 12.5. The van der Waals surface area contributed by atoms with Gasteiger partial charge in [0.25, 0.3) is 5.69 Å². The Bertz CT molecular complexity index is 985. The van der Waals surface area contributed by atoms with Gasteiger partial charge in [0.15, 0.2) is 0 Å². The zero-order chi connectivity index (χ0) is 21.6. The minimum absolute atomic E-state index is 0.0926. The van der Waals surface area contributed by atoms with Crippen LogP contribution in [-0.2, 0) is 20.8 Å². The monoisotopic (exact) mass is 397 g/mol. The van der Waals surface area contributed by atoms with Crippen molar-refractivity contribution in [1.82, 2.24) is 4.57 Å². The van der Waals surface area contributed by atoms with Crippen LogP contribution in [0.1, 0.15) is 35.5 Å². The lowest BCUT2D eigenvalue weighted by atomic mass is 10.1. The van der Waals surface area contributed by atoms with Crippen LogP contribution >= 0.6 is 0 Å². The summed E-state index contributed by atoms with van der Waals surface area (Å²) in [4.78, 5) is 22.9. The lowest BCUT2D eigenvalue weighted by Gasteiger charge is -2.13. The summed E-state index contributed by atoms with van der Waals surface area (Å²) in [6.07, 6.45) is 0.752. The Labute approximate surface area is 169 Å². The van der Waals surface area contributed by atoms with Gasteiger partial charge in [0, 0.05) is 37.2 Å². The maximum Gasteiger partial charge on any atom is 0.349 e. The van der Waals surface area contributed by atoms with Crippen molar-refractivity contribution >= 4 is 17.7 Å². The maximum atomic E-state index is 12.5. The number of nitrogens with zero attached hydrogens (tertiary/aromatic N) is 3. The van der Waals surface area contributed by atoms with Crippen LogP contribution < -0.4 is 0 Å². The first-order valence-electron chi connectivity index (χ1n) is 9.01. The molecule has 0 fully saturated rings. The van der Waals surface area contributed by atoms with Gasteiger partial charge in [0.1, 0.15) is 17.7 Å². The molecule has 1 heterocycles. The van der Waals surface area contributed by atoms with Crippen molar-refractivity contribution in [3.8, 4) is 6.07 Å². The van der Waals surface area contributed by atoms with Gasteiger partial charge in [-0.05, 0) is 44.0 Å². The van der Waals surface area contributed by atoms with E-state index < -0.39 is 17.0 Å². The van der Waals surface area contributed by atoms with E-state index in [1.807, 2.05) is 30.6 Å². The Morgan fingerprint density at radius 1 is 1.38 bits per heavy atom. The summed E-state index contributed by atoms with van der Waals surface area (Å²) in [5, 5.41) is 20.3. The number of esters is 1. The zero-order valence-electron chi connectivity index (χ0n) is 16.8. The number of benzene rings is 1. The minimum atomic E-state index is -0.784. The number of methoxy groups -OCH3 is 1. The fourth-order valence-corrected chi connectivity index (χ4v) is 2.98. The fourth-order valence-electron chi connectivity index (χ4n) is 2.98. The number of aryl methyl sites for hydroxylation is 1. The molecule has 8 heteroatoms. The number of rotatable bonds is 8. The molecular formula is C21H23N3O5. The van der Waals surface area contributed by atoms with Gasteiger partial charge in [-0.25, -0.2) is 4.79 Å². The average molecular weight is 397 g/mol. The summed E-state index contributed by atoms with van der Waals surface area (Å²) in [6, 6.07) is 9.62. The van der Waals surface area contributed by atoms with Gasteiger partial charge in [0.05, 0.1) is 11.5 Å². The Morgan fingerprint density at radius 2 is 2.10 bits per heavy atom. The van der Waals surface area contributed by atoms with Crippen LogP contribution in [0, 0.1) is 35.3 Å². The number of carbonyl (C=O) groups excluding carboxylic acids is 1. The predicted octanol–water partition coefficient (Wildman–Crippen LogP) is 3.87. The molecule has 0 amide bonds. The number of carbonyl (C=O) groups is 1. The average Bonchev–Trinajstić information content (AvgIpc) is 2.96. The number of aromatic nitrogens is 1. The largest absolute Gasteiger partial charge is 0.454 e. The Hall–Kier alpha value is -3.44. The molecule has 0 unspecified atom stereocenters. The number of ether oxygens (including phenoxy) is 2. The van der Waals surface area contributed by atoms with Gasteiger partial charge >= 0.3 is 5.97 Å². The molecule has 0 aliphatic heterocycles. The molecule has 2 aromatic rings. The molecule has 152 valence electrons. The number of hydrogen-bond donors (Lipinski definition) is 0. The van der Waals surface area contributed by atoms with E-state index in [1.54, 1.807) is 20.1 Å². The molecular weight excluding hydrogens is 374 g/mol. The zero-order valence-corrected chi connectivity index (χ0v) is 16.8.